The second-order valence-electron chi connectivity index (χ2n) is 6.86. The smallest absolute Gasteiger partial charge is 0.337 e. The molecule has 1 aromatic heterocycles. The Balaban J connectivity index is 1.82. The average Bonchev–Trinajstić information content (AvgIpc) is 2.74. The number of aromatic nitrogens is 2. The third kappa shape index (κ3) is 3.61. The van der Waals surface area contributed by atoms with Gasteiger partial charge in [0.15, 0.2) is 0 Å². The van der Waals surface area contributed by atoms with Crippen LogP contribution in [0.4, 0.5) is 5.82 Å². The minimum Gasteiger partial charge on any atom is -0.497 e. The zero-order chi connectivity index (χ0) is 19.5. The molecule has 28 heavy (non-hydrogen) atoms. The number of carbonyl (C=O) groups is 1. The van der Waals surface area contributed by atoms with Crippen molar-refractivity contribution in [3.8, 4) is 16.9 Å². The second kappa shape index (κ2) is 7.82. The summed E-state index contributed by atoms with van der Waals surface area (Å²) in [6.07, 6.45) is 3.56. The van der Waals surface area contributed by atoms with Crippen molar-refractivity contribution in [2.45, 2.75) is 18.9 Å². The van der Waals surface area contributed by atoms with E-state index in [2.05, 4.69) is 20.6 Å². The number of piperidine rings is 1. The van der Waals surface area contributed by atoms with Crippen LogP contribution in [0.15, 0.2) is 42.7 Å². The normalized spacial score (nSPS) is 16.7. The topological polar surface area (TPSA) is 96.4 Å². The minimum absolute atomic E-state index is 0.163. The van der Waals surface area contributed by atoms with Crippen LogP contribution in [0.5, 0.6) is 5.75 Å². The van der Waals surface area contributed by atoms with Gasteiger partial charge in [0.1, 0.15) is 17.9 Å². The quantitative estimate of drug-likeness (QED) is 0.627. The molecule has 1 saturated heterocycles. The van der Waals surface area contributed by atoms with E-state index in [4.69, 9.17) is 4.74 Å². The lowest BCUT2D eigenvalue weighted by atomic mass is 9.99. The molecule has 0 aliphatic carbocycles. The highest BCUT2D eigenvalue weighted by molar-refractivity contribution is 6.06. The van der Waals surface area contributed by atoms with Gasteiger partial charge in [0.25, 0.3) is 0 Å². The van der Waals surface area contributed by atoms with Gasteiger partial charge in [-0.15, -0.1) is 0 Å². The van der Waals surface area contributed by atoms with E-state index in [9.17, 15) is 9.90 Å². The van der Waals surface area contributed by atoms with Crippen LogP contribution < -0.4 is 15.4 Å². The Hall–Kier alpha value is -3.19. The number of nitrogens with one attached hydrogen (secondary N) is 2. The number of ether oxygens (including phenoxy) is 1. The Morgan fingerprint density at radius 1 is 1.21 bits per heavy atom. The van der Waals surface area contributed by atoms with E-state index < -0.39 is 5.97 Å². The molecule has 7 heteroatoms. The number of methoxy groups -OCH3 is 1. The van der Waals surface area contributed by atoms with Gasteiger partial charge in [0.05, 0.1) is 18.2 Å². The number of anilines is 1. The van der Waals surface area contributed by atoms with Gasteiger partial charge in [-0.05, 0) is 54.8 Å². The molecule has 0 saturated carbocycles. The molecule has 1 fully saturated rings. The number of carboxylic acid groups (broad SMARTS) is 1. The van der Waals surface area contributed by atoms with Crippen molar-refractivity contribution >= 4 is 22.7 Å². The fourth-order valence-corrected chi connectivity index (χ4v) is 3.56. The molecule has 7 nitrogen and oxygen atoms in total. The van der Waals surface area contributed by atoms with Gasteiger partial charge >= 0.3 is 5.97 Å². The predicted molar refractivity (Wildman–Crippen MR) is 108 cm³/mol. The highest BCUT2D eigenvalue weighted by Crippen LogP contribution is 2.31. The lowest BCUT2D eigenvalue weighted by Crippen LogP contribution is -2.38. The Bertz CT molecular complexity index is 998. The van der Waals surface area contributed by atoms with Crippen molar-refractivity contribution in [2.24, 2.45) is 0 Å². The maximum Gasteiger partial charge on any atom is 0.337 e. The lowest BCUT2D eigenvalue weighted by molar-refractivity contribution is 0.0699. The molecule has 1 atom stereocenters. The Morgan fingerprint density at radius 3 is 2.71 bits per heavy atom. The van der Waals surface area contributed by atoms with Gasteiger partial charge in [-0.2, -0.15) is 0 Å². The zero-order valence-electron chi connectivity index (χ0n) is 15.6. The summed E-state index contributed by atoms with van der Waals surface area (Å²) < 4.78 is 5.21. The second-order valence-corrected chi connectivity index (χ2v) is 6.86. The summed E-state index contributed by atoms with van der Waals surface area (Å²) in [4.78, 5) is 20.5. The largest absolute Gasteiger partial charge is 0.497 e. The molecular weight excluding hydrogens is 356 g/mol. The summed E-state index contributed by atoms with van der Waals surface area (Å²) in [5.41, 5.74) is 2.30. The van der Waals surface area contributed by atoms with Crippen molar-refractivity contribution in [1.82, 2.24) is 15.3 Å². The number of hydrogen-bond acceptors (Lipinski definition) is 6. The third-order valence-electron chi connectivity index (χ3n) is 5.03. The molecular formula is C21H22N4O3. The lowest BCUT2D eigenvalue weighted by Gasteiger charge is -2.25. The molecule has 1 aliphatic rings. The number of benzene rings is 2. The summed E-state index contributed by atoms with van der Waals surface area (Å²) in [6, 6.07) is 11.4. The molecule has 0 unspecified atom stereocenters. The molecule has 4 rings (SSSR count). The summed E-state index contributed by atoms with van der Waals surface area (Å²) >= 11 is 0. The van der Waals surface area contributed by atoms with Crippen LogP contribution >= 0.6 is 0 Å². The van der Waals surface area contributed by atoms with Crippen LogP contribution in [-0.2, 0) is 0 Å². The van der Waals surface area contributed by atoms with Crippen molar-refractivity contribution in [3.05, 3.63) is 48.3 Å². The molecule has 0 spiro atoms. The Labute approximate surface area is 162 Å². The van der Waals surface area contributed by atoms with E-state index in [1.165, 1.54) is 6.33 Å². The molecule has 0 radical (unpaired) electrons. The summed E-state index contributed by atoms with van der Waals surface area (Å²) in [6.45, 7) is 1.88. The summed E-state index contributed by atoms with van der Waals surface area (Å²) in [5.74, 6) is 0.402. The minimum atomic E-state index is -1.01. The first-order valence-electron chi connectivity index (χ1n) is 9.29. The highest BCUT2D eigenvalue weighted by atomic mass is 16.5. The van der Waals surface area contributed by atoms with Crippen LogP contribution in [0.3, 0.4) is 0 Å². The SMILES string of the molecule is COc1ccc(-c2cc(C(=O)O)c3ncnc(N[C@H]4CCCNC4)c3c2)cc1. The highest BCUT2D eigenvalue weighted by Gasteiger charge is 2.19. The number of aromatic carboxylic acids is 1. The van der Waals surface area contributed by atoms with Gasteiger partial charge in [0, 0.05) is 18.0 Å². The van der Waals surface area contributed by atoms with E-state index in [1.54, 1.807) is 13.2 Å². The van der Waals surface area contributed by atoms with Crippen LogP contribution in [0.1, 0.15) is 23.2 Å². The van der Waals surface area contributed by atoms with Crippen LogP contribution in [0.25, 0.3) is 22.0 Å². The zero-order valence-corrected chi connectivity index (χ0v) is 15.6. The van der Waals surface area contributed by atoms with Crippen molar-refractivity contribution in [2.75, 3.05) is 25.5 Å². The number of nitrogens with zero attached hydrogens (tertiary/aromatic N) is 2. The first kappa shape index (κ1) is 18.2. The van der Waals surface area contributed by atoms with Gasteiger partial charge in [-0.1, -0.05) is 12.1 Å². The van der Waals surface area contributed by atoms with Gasteiger partial charge in [-0.3, -0.25) is 0 Å². The molecule has 0 bridgehead atoms. The van der Waals surface area contributed by atoms with Gasteiger partial charge in [0.2, 0.25) is 0 Å². The standard InChI is InChI=1S/C21H22N4O3/c1-28-16-6-4-13(5-7-16)14-9-17-19(18(10-14)21(26)27)23-12-24-20(17)25-15-3-2-8-22-11-15/h4-7,9-10,12,15,22H,2-3,8,11H2,1H3,(H,26,27)(H,23,24,25)/t15-/m0/s1. The number of hydrogen-bond donors (Lipinski definition) is 3. The number of fused-ring (bicyclic) bond motifs is 1. The fraction of sp³-hybridized carbons (Fsp3) is 0.286. The maximum atomic E-state index is 11.9. The Morgan fingerprint density at radius 2 is 2.04 bits per heavy atom. The van der Waals surface area contributed by atoms with Crippen molar-refractivity contribution < 1.29 is 14.6 Å². The number of carboxylic acids is 1. The predicted octanol–water partition coefficient (Wildman–Crippen LogP) is 3.17. The molecule has 2 aromatic carbocycles. The van der Waals surface area contributed by atoms with E-state index in [-0.39, 0.29) is 11.6 Å². The number of rotatable bonds is 5. The summed E-state index contributed by atoms with van der Waals surface area (Å²) in [7, 11) is 1.61. The van der Waals surface area contributed by atoms with Crippen LogP contribution in [0, 0.1) is 0 Å². The van der Waals surface area contributed by atoms with E-state index >= 15 is 0 Å². The molecule has 0 amide bonds. The van der Waals surface area contributed by atoms with Gasteiger partial charge < -0.3 is 20.5 Å². The first-order valence-corrected chi connectivity index (χ1v) is 9.29. The fourth-order valence-electron chi connectivity index (χ4n) is 3.56. The monoisotopic (exact) mass is 378 g/mol. The third-order valence-corrected chi connectivity index (χ3v) is 5.03. The maximum absolute atomic E-state index is 11.9. The molecule has 144 valence electrons. The molecule has 3 N–H and O–H groups in total. The Kier molecular flexibility index (Phi) is 5.08. The molecule has 3 aromatic rings. The van der Waals surface area contributed by atoms with E-state index in [1.807, 2.05) is 30.3 Å². The van der Waals surface area contributed by atoms with Crippen LogP contribution in [-0.4, -0.2) is 47.3 Å². The van der Waals surface area contributed by atoms with E-state index in [0.717, 1.165) is 42.8 Å². The average molecular weight is 378 g/mol. The van der Waals surface area contributed by atoms with Gasteiger partial charge in [-0.25, -0.2) is 14.8 Å². The van der Waals surface area contributed by atoms with Crippen LogP contribution in [0.2, 0.25) is 0 Å². The first-order chi connectivity index (χ1) is 13.7. The van der Waals surface area contributed by atoms with E-state index in [0.29, 0.717) is 16.7 Å². The molecule has 1 aliphatic heterocycles. The van der Waals surface area contributed by atoms with Crippen molar-refractivity contribution in [3.63, 3.8) is 0 Å². The summed E-state index contributed by atoms with van der Waals surface area (Å²) in [5, 5.41) is 17.3. The van der Waals surface area contributed by atoms with Crippen molar-refractivity contribution in [1.29, 1.82) is 0 Å². The molecule has 2 heterocycles.